The lowest BCUT2D eigenvalue weighted by Gasteiger charge is -2.26. The molecule has 122 valence electrons. The van der Waals surface area contributed by atoms with Gasteiger partial charge in [0.1, 0.15) is 5.82 Å². The number of benzene rings is 2. The second-order valence-corrected chi connectivity index (χ2v) is 6.03. The molecule has 1 amide bonds. The number of hydrogen-bond acceptors (Lipinski definition) is 2. The van der Waals surface area contributed by atoms with Crippen molar-refractivity contribution in [2.75, 3.05) is 20.6 Å². The summed E-state index contributed by atoms with van der Waals surface area (Å²) in [5.74, 6) is -0.872. The van der Waals surface area contributed by atoms with E-state index < -0.39 is 5.82 Å². The van der Waals surface area contributed by atoms with Crippen LogP contribution in [-0.2, 0) is 0 Å². The Morgan fingerprint density at radius 3 is 2.48 bits per heavy atom. The summed E-state index contributed by atoms with van der Waals surface area (Å²) in [7, 11) is 3.94. The SMILES string of the molecule is Cc1ccc(C(=O)NC[C@@H](c2ccccc2C)N(C)C)c(F)c1. The highest BCUT2D eigenvalue weighted by Gasteiger charge is 2.18. The van der Waals surface area contributed by atoms with E-state index in [1.807, 2.05) is 44.1 Å². The molecule has 0 aliphatic rings. The number of halogens is 1. The number of likely N-dealkylation sites (N-methyl/N-ethyl adjacent to an activating group) is 1. The number of rotatable bonds is 5. The van der Waals surface area contributed by atoms with Crippen LogP contribution in [0, 0.1) is 19.7 Å². The Bertz CT molecular complexity index is 698. The number of aryl methyl sites for hydroxylation is 2. The van der Waals surface area contributed by atoms with Crippen molar-refractivity contribution >= 4 is 5.91 Å². The lowest BCUT2D eigenvalue weighted by molar-refractivity contribution is 0.0938. The number of nitrogens with one attached hydrogen (secondary N) is 1. The Morgan fingerprint density at radius 1 is 1.17 bits per heavy atom. The molecule has 0 saturated heterocycles. The molecular weight excluding hydrogens is 291 g/mol. The van der Waals surface area contributed by atoms with Crippen molar-refractivity contribution in [3.63, 3.8) is 0 Å². The summed E-state index contributed by atoms with van der Waals surface area (Å²) >= 11 is 0. The Labute approximate surface area is 137 Å². The lowest BCUT2D eigenvalue weighted by atomic mass is 10.0. The molecule has 2 rings (SSSR count). The minimum absolute atomic E-state index is 0.0358. The molecule has 1 N–H and O–H groups in total. The lowest BCUT2D eigenvalue weighted by Crippen LogP contribution is -2.35. The summed E-state index contributed by atoms with van der Waals surface area (Å²) in [6, 6.07) is 12.8. The van der Waals surface area contributed by atoms with Gasteiger partial charge in [-0.1, -0.05) is 30.3 Å². The highest BCUT2D eigenvalue weighted by atomic mass is 19.1. The number of amides is 1. The Balaban J connectivity index is 2.13. The van der Waals surface area contributed by atoms with Crippen LogP contribution >= 0.6 is 0 Å². The fraction of sp³-hybridized carbons (Fsp3) is 0.316. The van der Waals surface area contributed by atoms with E-state index in [2.05, 4.69) is 11.4 Å². The maximum Gasteiger partial charge on any atom is 0.254 e. The zero-order chi connectivity index (χ0) is 17.0. The minimum Gasteiger partial charge on any atom is -0.350 e. The second-order valence-electron chi connectivity index (χ2n) is 6.03. The average molecular weight is 314 g/mol. The van der Waals surface area contributed by atoms with E-state index in [4.69, 9.17) is 0 Å². The summed E-state index contributed by atoms with van der Waals surface area (Å²) in [6.07, 6.45) is 0. The Morgan fingerprint density at radius 2 is 1.87 bits per heavy atom. The quantitative estimate of drug-likeness (QED) is 0.916. The van der Waals surface area contributed by atoms with Gasteiger partial charge in [0.05, 0.1) is 11.6 Å². The summed E-state index contributed by atoms with van der Waals surface area (Å²) in [4.78, 5) is 14.3. The molecule has 0 radical (unpaired) electrons. The van der Waals surface area contributed by atoms with Crippen LogP contribution in [0.4, 0.5) is 4.39 Å². The molecule has 0 unspecified atom stereocenters. The molecule has 0 aliphatic heterocycles. The smallest absolute Gasteiger partial charge is 0.254 e. The van der Waals surface area contributed by atoms with Crippen molar-refractivity contribution in [3.05, 3.63) is 70.5 Å². The first-order valence-electron chi connectivity index (χ1n) is 7.66. The fourth-order valence-electron chi connectivity index (χ4n) is 2.62. The van der Waals surface area contributed by atoms with Gasteiger partial charge in [0.25, 0.3) is 5.91 Å². The van der Waals surface area contributed by atoms with E-state index in [0.717, 1.165) is 11.1 Å². The van der Waals surface area contributed by atoms with Crippen molar-refractivity contribution in [2.24, 2.45) is 0 Å². The fourth-order valence-corrected chi connectivity index (χ4v) is 2.62. The number of carbonyl (C=O) groups is 1. The molecular formula is C19H23FN2O. The zero-order valence-corrected chi connectivity index (χ0v) is 14.1. The molecule has 0 aliphatic carbocycles. The normalized spacial score (nSPS) is 12.3. The molecule has 0 saturated carbocycles. The summed E-state index contributed by atoms with van der Waals surface area (Å²) in [5.41, 5.74) is 3.20. The average Bonchev–Trinajstić information content (AvgIpc) is 2.48. The van der Waals surface area contributed by atoms with Gasteiger partial charge in [-0.05, 0) is 56.8 Å². The van der Waals surface area contributed by atoms with E-state index >= 15 is 0 Å². The summed E-state index contributed by atoms with van der Waals surface area (Å²) in [5, 5.41) is 2.85. The molecule has 3 nitrogen and oxygen atoms in total. The monoisotopic (exact) mass is 314 g/mol. The third kappa shape index (κ3) is 4.17. The molecule has 0 aromatic heterocycles. The number of hydrogen-bond donors (Lipinski definition) is 1. The van der Waals surface area contributed by atoms with Crippen LogP contribution in [0.1, 0.15) is 33.1 Å². The van der Waals surface area contributed by atoms with Gasteiger partial charge in [-0.25, -0.2) is 4.39 Å². The number of carbonyl (C=O) groups excluding carboxylic acids is 1. The van der Waals surface area contributed by atoms with Crippen molar-refractivity contribution in [2.45, 2.75) is 19.9 Å². The molecule has 4 heteroatoms. The van der Waals surface area contributed by atoms with Gasteiger partial charge in [0, 0.05) is 6.54 Å². The highest BCUT2D eigenvalue weighted by Crippen LogP contribution is 2.21. The zero-order valence-electron chi connectivity index (χ0n) is 14.1. The van der Waals surface area contributed by atoms with Crippen LogP contribution in [0.25, 0.3) is 0 Å². The first kappa shape index (κ1) is 17.2. The third-order valence-corrected chi connectivity index (χ3v) is 4.00. The highest BCUT2D eigenvalue weighted by molar-refractivity contribution is 5.94. The molecule has 2 aromatic carbocycles. The van der Waals surface area contributed by atoms with E-state index in [9.17, 15) is 9.18 Å². The van der Waals surface area contributed by atoms with E-state index in [-0.39, 0.29) is 17.5 Å². The number of nitrogens with zero attached hydrogens (tertiary/aromatic N) is 1. The maximum atomic E-state index is 13.9. The molecule has 0 heterocycles. The van der Waals surface area contributed by atoms with Gasteiger partial charge in [-0.15, -0.1) is 0 Å². The second kappa shape index (κ2) is 7.38. The predicted octanol–water partition coefficient (Wildman–Crippen LogP) is 3.48. The summed E-state index contributed by atoms with van der Waals surface area (Å²) < 4.78 is 13.9. The maximum absolute atomic E-state index is 13.9. The van der Waals surface area contributed by atoms with Gasteiger partial charge in [0.2, 0.25) is 0 Å². The van der Waals surface area contributed by atoms with Crippen LogP contribution in [0.2, 0.25) is 0 Å². The molecule has 0 bridgehead atoms. The van der Waals surface area contributed by atoms with Gasteiger partial charge >= 0.3 is 0 Å². The van der Waals surface area contributed by atoms with Crippen LogP contribution in [0.3, 0.4) is 0 Å². The third-order valence-electron chi connectivity index (χ3n) is 4.00. The van der Waals surface area contributed by atoms with Crippen LogP contribution in [0.5, 0.6) is 0 Å². The van der Waals surface area contributed by atoms with Crippen molar-refractivity contribution in [3.8, 4) is 0 Å². The van der Waals surface area contributed by atoms with Crippen LogP contribution in [-0.4, -0.2) is 31.4 Å². The van der Waals surface area contributed by atoms with Crippen LogP contribution in [0.15, 0.2) is 42.5 Å². The van der Waals surface area contributed by atoms with E-state index in [0.29, 0.717) is 6.54 Å². The van der Waals surface area contributed by atoms with Gasteiger partial charge in [0.15, 0.2) is 0 Å². The van der Waals surface area contributed by atoms with Crippen molar-refractivity contribution < 1.29 is 9.18 Å². The summed E-state index contributed by atoms with van der Waals surface area (Å²) in [6.45, 7) is 4.27. The van der Waals surface area contributed by atoms with Crippen LogP contribution < -0.4 is 5.32 Å². The molecule has 1 atom stereocenters. The van der Waals surface area contributed by atoms with Crippen molar-refractivity contribution in [1.82, 2.24) is 10.2 Å². The molecule has 0 fully saturated rings. The van der Waals surface area contributed by atoms with Crippen molar-refractivity contribution in [1.29, 1.82) is 0 Å². The minimum atomic E-state index is -0.486. The molecule has 0 spiro atoms. The Kier molecular flexibility index (Phi) is 5.50. The predicted molar refractivity (Wildman–Crippen MR) is 91.1 cm³/mol. The van der Waals surface area contributed by atoms with E-state index in [1.165, 1.54) is 17.7 Å². The molecule has 23 heavy (non-hydrogen) atoms. The van der Waals surface area contributed by atoms with Gasteiger partial charge in [-0.2, -0.15) is 0 Å². The van der Waals surface area contributed by atoms with Gasteiger partial charge < -0.3 is 10.2 Å². The van der Waals surface area contributed by atoms with Gasteiger partial charge in [-0.3, -0.25) is 4.79 Å². The standard InChI is InChI=1S/C19H23FN2O/c1-13-9-10-16(17(20)11-13)19(23)21-12-18(22(3)4)15-8-6-5-7-14(15)2/h5-11,18H,12H2,1-4H3,(H,21,23)/t18-/m0/s1. The van der Waals surface area contributed by atoms with E-state index in [1.54, 1.807) is 13.0 Å². The topological polar surface area (TPSA) is 32.3 Å². The Hall–Kier alpha value is -2.20. The largest absolute Gasteiger partial charge is 0.350 e. The first-order valence-corrected chi connectivity index (χ1v) is 7.66. The molecule has 2 aromatic rings. The first-order chi connectivity index (χ1) is 10.9.